The fourth-order valence-electron chi connectivity index (χ4n) is 2.48. The number of carbonyl (C=O) groups excluding carboxylic acids is 2. The number of amides is 2. The summed E-state index contributed by atoms with van der Waals surface area (Å²) in [6.45, 7) is 2.22. The number of para-hydroxylation sites is 1. The molecule has 3 rings (SSSR count). The maximum Gasteiger partial charge on any atom is 0.252 e. The molecule has 1 aliphatic heterocycles. The molecule has 1 aromatic carbocycles. The van der Waals surface area contributed by atoms with Gasteiger partial charge in [-0.1, -0.05) is 18.2 Å². The molecule has 0 saturated carbocycles. The Morgan fingerprint density at radius 1 is 1.35 bits per heavy atom. The number of rotatable bonds is 3. The van der Waals surface area contributed by atoms with Crippen LogP contribution in [0.4, 0.5) is 5.69 Å². The molecule has 1 N–H and O–H groups in total. The molecule has 0 spiro atoms. The van der Waals surface area contributed by atoms with Crippen molar-refractivity contribution in [2.75, 3.05) is 11.9 Å². The molecule has 1 atom stereocenters. The lowest BCUT2D eigenvalue weighted by Gasteiger charge is -2.14. The maximum absolute atomic E-state index is 12.0. The highest BCUT2D eigenvalue weighted by atomic mass is 16.2. The van der Waals surface area contributed by atoms with Crippen LogP contribution in [0.25, 0.3) is 10.9 Å². The molecule has 5 nitrogen and oxygen atoms in total. The minimum absolute atomic E-state index is 0.122. The van der Waals surface area contributed by atoms with Gasteiger partial charge in [-0.15, -0.1) is 0 Å². The molecule has 1 fully saturated rings. The lowest BCUT2D eigenvalue weighted by atomic mass is 10.2. The summed E-state index contributed by atoms with van der Waals surface area (Å²) >= 11 is 0. The molecular weight excluding hydrogens is 254 g/mol. The largest absolute Gasteiger partial charge is 0.372 e. The summed E-state index contributed by atoms with van der Waals surface area (Å²) in [4.78, 5) is 29.3. The van der Waals surface area contributed by atoms with E-state index in [1.807, 2.05) is 30.3 Å². The van der Waals surface area contributed by atoms with Crippen molar-refractivity contribution >= 4 is 28.4 Å². The van der Waals surface area contributed by atoms with Gasteiger partial charge in [0.2, 0.25) is 5.91 Å². The third-order valence-electron chi connectivity index (χ3n) is 3.49. The Balaban J connectivity index is 1.83. The number of anilines is 1. The van der Waals surface area contributed by atoms with E-state index < -0.39 is 6.04 Å². The number of benzene rings is 1. The number of nitrogens with one attached hydrogen (secondary N) is 1. The first kappa shape index (κ1) is 12.6. The number of fused-ring (bicyclic) bond motifs is 1. The number of nitrogens with zero attached hydrogens (tertiary/aromatic N) is 2. The molecule has 2 aromatic rings. The minimum atomic E-state index is -0.481. The predicted molar refractivity (Wildman–Crippen MR) is 76.2 cm³/mol. The fraction of sp³-hybridized carbons (Fsp3) is 0.267. The van der Waals surface area contributed by atoms with Crippen LogP contribution in [0, 0.1) is 0 Å². The molecule has 0 bridgehead atoms. The van der Waals surface area contributed by atoms with Crippen molar-refractivity contribution in [3.8, 4) is 0 Å². The number of hydrogen-bond donors (Lipinski definition) is 1. The Kier molecular flexibility index (Phi) is 3.10. The molecular formula is C15H15N3O2. The first-order valence-corrected chi connectivity index (χ1v) is 6.64. The van der Waals surface area contributed by atoms with Gasteiger partial charge in [0.25, 0.3) is 5.91 Å². The third kappa shape index (κ3) is 2.11. The zero-order valence-electron chi connectivity index (χ0n) is 11.2. The van der Waals surface area contributed by atoms with Gasteiger partial charge < -0.3 is 5.32 Å². The monoisotopic (exact) mass is 269 g/mol. The Hall–Kier alpha value is -2.43. The number of hydrogen-bond acceptors (Lipinski definition) is 4. The van der Waals surface area contributed by atoms with Crippen molar-refractivity contribution in [2.24, 2.45) is 0 Å². The molecule has 2 heterocycles. The Morgan fingerprint density at radius 3 is 2.90 bits per heavy atom. The van der Waals surface area contributed by atoms with Crippen molar-refractivity contribution in [3.05, 3.63) is 36.5 Å². The normalized spacial score (nSPS) is 18.9. The highest BCUT2D eigenvalue weighted by molar-refractivity contribution is 6.06. The van der Waals surface area contributed by atoms with Gasteiger partial charge in [-0.2, -0.15) is 0 Å². The maximum atomic E-state index is 12.0. The highest BCUT2D eigenvalue weighted by Gasteiger charge is 2.37. The second kappa shape index (κ2) is 4.92. The number of likely N-dealkylation sites (N-methyl/N-ethyl adjacent to an activating group) is 1. The van der Waals surface area contributed by atoms with E-state index in [0.717, 1.165) is 16.6 Å². The van der Waals surface area contributed by atoms with E-state index in [1.54, 1.807) is 13.1 Å². The fourth-order valence-corrected chi connectivity index (χ4v) is 2.48. The van der Waals surface area contributed by atoms with Gasteiger partial charge >= 0.3 is 0 Å². The van der Waals surface area contributed by atoms with E-state index in [4.69, 9.17) is 0 Å². The lowest BCUT2D eigenvalue weighted by Crippen LogP contribution is -2.34. The molecule has 1 unspecified atom stereocenters. The molecule has 1 saturated heterocycles. The van der Waals surface area contributed by atoms with Gasteiger partial charge in [0.1, 0.15) is 6.04 Å². The average molecular weight is 269 g/mol. The van der Waals surface area contributed by atoms with Gasteiger partial charge in [0, 0.05) is 11.9 Å². The molecule has 0 aliphatic carbocycles. The minimum Gasteiger partial charge on any atom is -0.372 e. The van der Waals surface area contributed by atoms with Gasteiger partial charge in [0.05, 0.1) is 23.8 Å². The van der Waals surface area contributed by atoms with Crippen LogP contribution in [0.5, 0.6) is 0 Å². The van der Waals surface area contributed by atoms with Crippen LogP contribution in [-0.4, -0.2) is 34.3 Å². The molecule has 0 radical (unpaired) electrons. The number of aromatic nitrogens is 1. The van der Waals surface area contributed by atoms with Crippen molar-refractivity contribution < 1.29 is 9.59 Å². The van der Waals surface area contributed by atoms with Crippen LogP contribution < -0.4 is 5.32 Å². The zero-order valence-corrected chi connectivity index (χ0v) is 11.2. The van der Waals surface area contributed by atoms with Crippen LogP contribution in [0.15, 0.2) is 36.5 Å². The van der Waals surface area contributed by atoms with Crippen LogP contribution in [0.2, 0.25) is 0 Å². The molecule has 2 amide bonds. The Morgan fingerprint density at radius 2 is 2.15 bits per heavy atom. The van der Waals surface area contributed by atoms with Crippen molar-refractivity contribution in [1.82, 2.24) is 9.88 Å². The quantitative estimate of drug-likeness (QED) is 0.863. The van der Waals surface area contributed by atoms with Crippen LogP contribution in [0.3, 0.4) is 0 Å². The second-order valence-corrected chi connectivity index (χ2v) is 4.79. The Labute approximate surface area is 116 Å². The Bertz CT molecular complexity index is 684. The molecule has 1 aromatic heterocycles. The summed E-state index contributed by atoms with van der Waals surface area (Å²) in [5.74, 6) is -0.283. The number of imide groups is 1. The first-order valence-electron chi connectivity index (χ1n) is 6.64. The second-order valence-electron chi connectivity index (χ2n) is 4.79. The van der Waals surface area contributed by atoms with Crippen LogP contribution in [0.1, 0.15) is 13.3 Å². The predicted octanol–water partition coefficient (Wildman–Crippen LogP) is 1.79. The van der Waals surface area contributed by atoms with E-state index in [0.29, 0.717) is 6.54 Å². The van der Waals surface area contributed by atoms with E-state index in [2.05, 4.69) is 10.3 Å². The molecule has 1 aliphatic rings. The number of likely N-dealkylation sites (tertiary alicyclic amines) is 1. The summed E-state index contributed by atoms with van der Waals surface area (Å²) in [6, 6.07) is 9.23. The van der Waals surface area contributed by atoms with E-state index in [9.17, 15) is 9.59 Å². The lowest BCUT2D eigenvalue weighted by molar-refractivity contribution is -0.138. The van der Waals surface area contributed by atoms with Crippen molar-refractivity contribution in [3.63, 3.8) is 0 Å². The highest BCUT2D eigenvalue weighted by Crippen LogP contribution is 2.20. The van der Waals surface area contributed by atoms with E-state index in [1.165, 1.54) is 4.90 Å². The van der Waals surface area contributed by atoms with Gasteiger partial charge in [-0.05, 0) is 19.1 Å². The first-order chi connectivity index (χ1) is 9.69. The van der Waals surface area contributed by atoms with Crippen molar-refractivity contribution in [2.45, 2.75) is 19.4 Å². The van der Waals surface area contributed by atoms with Crippen LogP contribution >= 0.6 is 0 Å². The molecule has 20 heavy (non-hydrogen) atoms. The van der Waals surface area contributed by atoms with Gasteiger partial charge in [0.15, 0.2) is 0 Å². The summed E-state index contributed by atoms with van der Waals surface area (Å²) in [7, 11) is 0. The molecule has 102 valence electrons. The van der Waals surface area contributed by atoms with Crippen molar-refractivity contribution in [1.29, 1.82) is 0 Å². The standard InChI is InChI=1S/C15H15N3O2/c1-2-18-14(19)8-13(15(18)20)17-11-7-10-5-3-4-6-12(10)16-9-11/h3-7,9,13,17H,2,8H2,1H3. The smallest absolute Gasteiger partial charge is 0.252 e. The van der Waals surface area contributed by atoms with Gasteiger partial charge in [-0.25, -0.2) is 0 Å². The summed E-state index contributed by atoms with van der Waals surface area (Å²) in [5.41, 5.74) is 1.66. The number of pyridine rings is 1. The third-order valence-corrected chi connectivity index (χ3v) is 3.49. The summed E-state index contributed by atoms with van der Waals surface area (Å²) < 4.78 is 0. The van der Waals surface area contributed by atoms with E-state index in [-0.39, 0.29) is 18.2 Å². The summed E-state index contributed by atoms with van der Waals surface area (Å²) in [5, 5.41) is 4.10. The van der Waals surface area contributed by atoms with E-state index >= 15 is 0 Å². The summed E-state index contributed by atoms with van der Waals surface area (Å²) in [6.07, 6.45) is 1.90. The zero-order chi connectivity index (χ0) is 14.1. The average Bonchev–Trinajstić information content (AvgIpc) is 2.73. The topological polar surface area (TPSA) is 62.3 Å². The SMILES string of the molecule is CCN1C(=O)CC(Nc2cnc3ccccc3c2)C1=O. The molecule has 5 heteroatoms. The number of carbonyl (C=O) groups is 2. The van der Waals surface area contributed by atoms with Crippen LogP contribution in [-0.2, 0) is 9.59 Å². The van der Waals surface area contributed by atoms with Gasteiger partial charge in [-0.3, -0.25) is 19.5 Å².